The lowest BCUT2D eigenvalue weighted by Crippen LogP contribution is -2.48. The minimum absolute atomic E-state index is 0.223. The van der Waals surface area contributed by atoms with Crippen LogP contribution in [-0.2, 0) is 4.79 Å². The topological polar surface area (TPSA) is 71.8 Å². The van der Waals surface area contributed by atoms with Crippen LogP contribution in [0.5, 0.6) is 0 Å². The number of hydrogen-bond acceptors (Lipinski definition) is 4. The molecule has 29 heavy (non-hydrogen) atoms. The maximum Gasteiger partial charge on any atom is 0.220 e. The summed E-state index contributed by atoms with van der Waals surface area (Å²) in [5, 5.41) is 6.46. The summed E-state index contributed by atoms with van der Waals surface area (Å²) >= 11 is 0. The maximum atomic E-state index is 12.6. The Morgan fingerprint density at radius 3 is 2.38 bits per heavy atom. The van der Waals surface area contributed by atoms with E-state index in [0.29, 0.717) is 18.5 Å². The van der Waals surface area contributed by atoms with E-state index < -0.39 is 0 Å². The van der Waals surface area contributed by atoms with Gasteiger partial charge in [-0.25, -0.2) is 9.97 Å². The van der Waals surface area contributed by atoms with Crippen LogP contribution in [0.1, 0.15) is 50.8 Å². The predicted octanol–water partition coefficient (Wildman–Crippen LogP) is 3.71. The second-order valence-electron chi connectivity index (χ2n) is 9.62. The quantitative estimate of drug-likeness (QED) is 0.704. The third-order valence-electron chi connectivity index (χ3n) is 7.15. The number of anilines is 1. The summed E-state index contributed by atoms with van der Waals surface area (Å²) in [6, 6.07) is 5.89. The Morgan fingerprint density at radius 1 is 1.07 bits per heavy atom. The SMILES string of the molecule is Cc1nc(NCCNC(=O)CC23CC4CC(CC(C4)C2)C3)cc(-n2cccc2)n1. The van der Waals surface area contributed by atoms with Gasteiger partial charge in [0.2, 0.25) is 5.91 Å². The summed E-state index contributed by atoms with van der Waals surface area (Å²) in [6.07, 6.45) is 12.8. The van der Waals surface area contributed by atoms with Gasteiger partial charge in [-0.05, 0) is 80.8 Å². The molecule has 0 spiro atoms. The van der Waals surface area contributed by atoms with Gasteiger partial charge in [0.15, 0.2) is 0 Å². The average Bonchev–Trinajstić information content (AvgIpc) is 3.18. The molecule has 2 aromatic rings. The Morgan fingerprint density at radius 2 is 1.72 bits per heavy atom. The van der Waals surface area contributed by atoms with Gasteiger partial charge in [-0.1, -0.05) is 0 Å². The third kappa shape index (κ3) is 4.02. The highest BCUT2D eigenvalue weighted by Gasteiger charge is 2.51. The third-order valence-corrected chi connectivity index (χ3v) is 7.15. The van der Waals surface area contributed by atoms with Crippen molar-refractivity contribution < 1.29 is 4.79 Å². The molecule has 4 bridgehead atoms. The van der Waals surface area contributed by atoms with Crippen molar-refractivity contribution in [1.82, 2.24) is 19.9 Å². The molecule has 0 saturated heterocycles. The van der Waals surface area contributed by atoms with E-state index in [4.69, 9.17) is 0 Å². The Kier molecular flexibility index (Phi) is 4.80. The summed E-state index contributed by atoms with van der Waals surface area (Å²) in [5.41, 5.74) is 0.307. The molecule has 4 aliphatic rings. The maximum absolute atomic E-state index is 12.6. The fourth-order valence-electron chi connectivity index (χ4n) is 6.56. The summed E-state index contributed by atoms with van der Waals surface area (Å²) in [6.45, 7) is 3.17. The number of aromatic nitrogens is 3. The molecular formula is C23H31N5O. The van der Waals surface area contributed by atoms with Crippen molar-refractivity contribution in [2.45, 2.75) is 51.9 Å². The van der Waals surface area contributed by atoms with Crippen LogP contribution in [0.15, 0.2) is 30.6 Å². The minimum atomic E-state index is 0.223. The molecule has 0 unspecified atom stereocenters. The number of carbonyl (C=O) groups excluding carboxylic acids is 1. The van der Waals surface area contributed by atoms with Crippen molar-refractivity contribution in [2.75, 3.05) is 18.4 Å². The van der Waals surface area contributed by atoms with Crippen LogP contribution in [0, 0.1) is 30.1 Å². The molecule has 154 valence electrons. The first kappa shape index (κ1) is 18.6. The van der Waals surface area contributed by atoms with Crippen LogP contribution in [0.4, 0.5) is 5.82 Å². The van der Waals surface area contributed by atoms with Gasteiger partial charge < -0.3 is 15.2 Å². The fraction of sp³-hybridized carbons (Fsp3) is 0.609. The molecule has 4 saturated carbocycles. The highest BCUT2D eigenvalue weighted by atomic mass is 16.1. The van der Waals surface area contributed by atoms with Gasteiger partial charge in [0, 0.05) is 38.0 Å². The van der Waals surface area contributed by atoms with Crippen molar-refractivity contribution in [3.8, 4) is 5.82 Å². The number of amides is 1. The summed E-state index contributed by atoms with van der Waals surface area (Å²) in [7, 11) is 0. The summed E-state index contributed by atoms with van der Waals surface area (Å²) in [5.74, 6) is 5.27. The second kappa shape index (κ2) is 7.47. The molecule has 6 nitrogen and oxygen atoms in total. The molecule has 0 radical (unpaired) electrons. The Labute approximate surface area is 172 Å². The predicted molar refractivity (Wildman–Crippen MR) is 113 cm³/mol. The zero-order valence-electron chi connectivity index (χ0n) is 17.2. The van der Waals surface area contributed by atoms with Gasteiger partial charge in [0.1, 0.15) is 17.5 Å². The van der Waals surface area contributed by atoms with Crippen LogP contribution >= 0.6 is 0 Å². The van der Waals surface area contributed by atoms with E-state index in [9.17, 15) is 4.79 Å². The first-order chi connectivity index (χ1) is 14.1. The lowest BCUT2D eigenvalue weighted by Gasteiger charge is -2.56. The van der Waals surface area contributed by atoms with Gasteiger partial charge in [-0.3, -0.25) is 4.79 Å². The number of aryl methyl sites for hydroxylation is 1. The second-order valence-corrected chi connectivity index (χ2v) is 9.62. The molecule has 6 heteroatoms. The first-order valence-electron chi connectivity index (χ1n) is 11.1. The Hall–Kier alpha value is -2.37. The molecule has 1 amide bonds. The number of nitrogens with zero attached hydrogens (tertiary/aromatic N) is 3. The first-order valence-corrected chi connectivity index (χ1v) is 11.1. The van der Waals surface area contributed by atoms with Crippen molar-refractivity contribution in [1.29, 1.82) is 0 Å². The largest absolute Gasteiger partial charge is 0.368 e. The Bertz CT molecular complexity index is 840. The van der Waals surface area contributed by atoms with Crippen molar-refractivity contribution in [3.05, 3.63) is 36.4 Å². The zero-order chi connectivity index (χ0) is 19.8. The number of hydrogen-bond donors (Lipinski definition) is 2. The van der Waals surface area contributed by atoms with E-state index >= 15 is 0 Å². The van der Waals surface area contributed by atoms with Crippen LogP contribution in [0.25, 0.3) is 5.82 Å². The highest BCUT2D eigenvalue weighted by molar-refractivity contribution is 5.76. The Balaban J connectivity index is 1.11. The van der Waals surface area contributed by atoms with Crippen LogP contribution in [0.2, 0.25) is 0 Å². The number of rotatable bonds is 7. The summed E-state index contributed by atoms with van der Waals surface area (Å²) in [4.78, 5) is 21.6. The average molecular weight is 394 g/mol. The molecule has 2 N–H and O–H groups in total. The van der Waals surface area contributed by atoms with Gasteiger partial charge >= 0.3 is 0 Å². The molecule has 2 heterocycles. The van der Waals surface area contributed by atoms with E-state index in [0.717, 1.165) is 41.6 Å². The molecule has 4 fully saturated rings. The van der Waals surface area contributed by atoms with E-state index in [1.165, 1.54) is 38.5 Å². The monoisotopic (exact) mass is 393 g/mol. The standard InChI is InChI=1S/C23H31N5O/c1-16-26-20(11-21(27-16)28-6-2-3-7-28)24-4-5-25-22(29)15-23-12-17-8-18(13-23)10-19(9-17)14-23/h2-3,6-7,11,17-19H,4-5,8-10,12-15H2,1H3,(H,25,29)(H,24,26,27). The van der Waals surface area contributed by atoms with E-state index in [1.807, 2.05) is 42.1 Å². The number of nitrogens with one attached hydrogen (secondary N) is 2. The smallest absolute Gasteiger partial charge is 0.220 e. The van der Waals surface area contributed by atoms with Crippen LogP contribution < -0.4 is 10.6 Å². The zero-order valence-corrected chi connectivity index (χ0v) is 17.2. The lowest BCUT2D eigenvalue weighted by molar-refractivity contribution is -0.129. The molecule has 2 aromatic heterocycles. The minimum Gasteiger partial charge on any atom is -0.368 e. The molecule has 0 atom stereocenters. The van der Waals surface area contributed by atoms with Crippen LogP contribution in [0.3, 0.4) is 0 Å². The molecule has 0 aliphatic heterocycles. The van der Waals surface area contributed by atoms with Crippen molar-refractivity contribution >= 4 is 11.7 Å². The van der Waals surface area contributed by atoms with E-state index in [2.05, 4.69) is 20.6 Å². The number of carbonyl (C=O) groups is 1. The van der Waals surface area contributed by atoms with Gasteiger partial charge in [0.05, 0.1) is 0 Å². The fourth-order valence-corrected chi connectivity index (χ4v) is 6.56. The molecular weight excluding hydrogens is 362 g/mol. The van der Waals surface area contributed by atoms with E-state index in [-0.39, 0.29) is 5.91 Å². The van der Waals surface area contributed by atoms with E-state index in [1.54, 1.807) is 0 Å². The molecule has 4 aliphatic carbocycles. The van der Waals surface area contributed by atoms with Crippen molar-refractivity contribution in [2.24, 2.45) is 23.2 Å². The van der Waals surface area contributed by atoms with Crippen molar-refractivity contribution in [3.63, 3.8) is 0 Å². The molecule has 6 rings (SSSR count). The lowest BCUT2D eigenvalue weighted by atomic mass is 9.49. The van der Waals surface area contributed by atoms with Gasteiger partial charge in [-0.2, -0.15) is 0 Å². The normalized spacial score (nSPS) is 29.8. The highest BCUT2D eigenvalue weighted by Crippen LogP contribution is 2.61. The van der Waals surface area contributed by atoms with Crippen LogP contribution in [-0.4, -0.2) is 33.5 Å². The van der Waals surface area contributed by atoms with Gasteiger partial charge in [0.25, 0.3) is 0 Å². The summed E-state index contributed by atoms with van der Waals surface area (Å²) < 4.78 is 1.97. The van der Waals surface area contributed by atoms with Gasteiger partial charge in [-0.15, -0.1) is 0 Å². The molecule has 0 aromatic carbocycles.